The van der Waals surface area contributed by atoms with Gasteiger partial charge < -0.3 is 9.88 Å². The number of aromatic nitrogens is 5. The highest BCUT2D eigenvalue weighted by molar-refractivity contribution is 5.91. The molecule has 1 aromatic carbocycles. The number of nitrogens with one attached hydrogen (secondary N) is 1. The van der Waals surface area contributed by atoms with Crippen LogP contribution in [0.3, 0.4) is 0 Å². The Morgan fingerprint density at radius 2 is 1.76 bits per heavy atom. The topological polar surface area (TPSA) is 70.6 Å². The number of aryl methyl sites for hydroxylation is 1. The lowest BCUT2D eigenvalue weighted by molar-refractivity contribution is -0.141. The van der Waals surface area contributed by atoms with Crippen molar-refractivity contribution in [2.24, 2.45) is 0 Å². The molecule has 9 heteroatoms. The molecule has 0 atom stereocenters. The number of piperidine rings is 1. The molecule has 1 aliphatic heterocycles. The van der Waals surface area contributed by atoms with Gasteiger partial charge >= 0.3 is 6.18 Å². The summed E-state index contributed by atoms with van der Waals surface area (Å²) in [7, 11) is 0. The third-order valence-corrected chi connectivity index (χ3v) is 7.17. The van der Waals surface area contributed by atoms with Gasteiger partial charge in [-0.3, -0.25) is 4.98 Å². The molecule has 0 unspecified atom stereocenters. The second kappa shape index (κ2) is 9.14. The maximum absolute atomic E-state index is 13.2. The van der Waals surface area contributed by atoms with E-state index in [0.29, 0.717) is 17.9 Å². The van der Waals surface area contributed by atoms with Crippen molar-refractivity contribution >= 4 is 17.5 Å². The van der Waals surface area contributed by atoms with Crippen molar-refractivity contribution in [3.05, 3.63) is 89.0 Å². The smallest absolute Gasteiger partial charge is 0.356 e. The van der Waals surface area contributed by atoms with E-state index in [1.54, 1.807) is 12.4 Å². The van der Waals surface area contributed by atoms with Gasteiger partial charge in [0.1, 0.15) is 23.7 Å². The Kier molecular flexibility index (Phi) is 5.78. The minimum absolute atomic E-state index is 0.325. The fourth-order valence-electron chi connectivity index (χ4n) is 5.26. The third kappa shape index (κ3) is 4.50. The first kappa shape index (κ1) is 23.4. The largest absolute Gasteiger partial charge is 0.433 e. The molecule has 0 radical (unpaired) electrons. The molecule has 2 aliphatic rings. The Balaban J connectivity index is 1.20. The van der Waals surface area contributed by atoms with Crippen LogP contribution in [0.2, 0.25) is 0 Å². The number of nitrogens with zero attached hydrogens (tertiary/aromatic N) is 5. The van der Waals surface area contributed by atoms with Crippen LogP contribution in [0.25, 0.3) is 22.9 Å². The average molecular weight is 503 g/mol. The summed E-state index contributed by atoms with van der Waals surface area (Å²) in [6, 6.07) is 12.9. The summed E-state index contributed by atoms with van der Waals surface area (Å²) in [6.07, 6.45) is 2.52. The van der Waals surface area contributed by atoms with Crippen molar-refractivity contribution in [3.8, 4) is 11.3 Å². The summed E-state index contributed by atoms with van der Waals surface area (Å²) in [5, 5.41) is 0. The van der Waals surface area contributed by atoms with Crippen molar-refractivity contribution in [1.29, 1.82) is 0 Å². The normalized spacial score (nSPS) is 16.1. The van der Waals surface area contributed by atoms with Gasteiger partial charge in [-0.1, -0.05) is 30.3 Å². The standard InChI is InChI=1S/C28H25F3N6/c1-17-25(18-5-3-2-4-6-18)36-26(35-17)19-8-11-37(12-9-19)27-22-13-21(14-23(22)33-16-34-27)20-7-10-32-24(15-20)28(29,30)31/h2-7,10,13,15-16,19H,8-9,11-12,14H2,1H3,(H,35,36). The quantitative estimate of drug-likeness (QED) is 0.367. The zero-order valence-electron chi connectivity index (χ0n) is 20.3. The maximum atomic E-state index is 13.2. The SMILES string of the molecule is Cc1[nH]c(C2CCN(c3ncnc4c3C=C(c3ccnc(C(F)(F)F)c3)C4)CC2)nc1-c1ccccc1. The highest BCUT2D eigenvalue weighted by atomic mass is 19.4. The highest BCUT2D eigenvalue weighted by Crippen LogP contribution is 2.38. The third-order valence-electron chi connectivity index (χ3n) is 7.17. The van der Waals surface area contributed by atoms with Gasteiger partial charge in [-0.25, -0.2) is 15.0 Å². The number of H-pyrrole nitrogens is 1. The molecule has 1 aliphatic carbocycles. The van der Waals surface area contributed by atoms with Crippen LogP contribution in [0.4, 0.5) is 19.0 Å². The summed E-state index contributed by atoms with van der Waals surface area (Å²) in [4.78, 5) is 23.2. The van der Waals surface area contributed by atoms with Gasteiger partial charge in [-0.05, 0) is 49.1 Å². The molecule has 37 heavy (non-hydrogen) atoms. The van der Waals surface area contributed by atoms with Crippen LogP contribution in [-0.4, -0.2) is 38.0 Å². The van der Waals surface area contributed by atoms with Gasteiger partial charge in [-0.2, -0.15) is 13.2 Å². The number of halogens is 3. The highest BCUT2D eigenvalue weighted by Gasteiger charge is 2.33. The van der Waals surface area contributed by atoms with Crippen LogP contribution in [0.1, 0.15) is 52.8 Å². The molecule has 3 aromatic heterocycles. The number of rotatable bonds is 4. The summed E-state index contributed by atoms with van der Waals surface area (Å²) >= 11 is 0. The van der Waals surface area contributed by atoms with Crippen LogP contribution in [0.15, 0.2) is 55.0 Å². The zero-order valence-corrected chi connectivity index (χ0v) is 20.3. The maximum Gasteiger partial charge on any atom is 0.433 e. The van der Waals surface area contributed by atoms with Crippen LogP contribution in [0, 0.1) is 6.92 Å². The number of alkyl halides is 3. The lowest BCUT2D eigenvalue weighted by Gasteiger charge is -2.32. The van der Waals surface area contributed by atoms with Gasteiger partial charge in [0.25, 0.3) is 0 Å². The first-order valence-electron chi connectivity index (χ1n) is 12.3. The minimum Gasteiger partial charge on any atom is -0.356 e. The molecule has 6 nitrogen and oxygen atoms in total. The Morgan fingerprint density at radius 3 is 2.51 bits per heavy atom. The number of anilines is 1. The molecule has 0 bridgehead atoms. The molecule has 4 heterocycles. The van der Waals surface area contributed by atoms with Gasteiger partial charge in [-0.15, -0.1) is 0 Å². The van der Waals surface area contributed by atoms with E-state index < -0.39 is 11.9 Å². The zero-order chi connectivity index (χ0) is 25.6. The lowest BCUT2D eigenvalue weighted by Crippen LogP contribution is -2.34. The van der Waals surface area contributed by atoms with E-state index in [9.17, 15) is 13.2 Å². The molecule has 188 valence electrons. The summed E-state index contributed by atoms with van der Waals surface area (Å²) in [5.41, 5.74) is 5.30. The number of benzene rings is 1. The molecule has 1 fully saturated rings. The molecule has 6 rings (SSSR count). The number of pyridine rings is 1. The van der Waals surface area contributed by atoms with Crippen molar-refractivity contribution < 1.29 is 13.2 Å². The number of allylic oxidation sites excluding steroid dienone is 1. The fraction of sp³-hybridized carbons (Fsp3) is 0.286. The van der Waals surface area contributed by atoms with E-state index >= 15 is 0 Å². The van der Waals surface area contributed by atoms with E-state index in [2.05, 4.69) is 43.9 Å². The molecule has 0 spiro atoms. The molecule has 1 saturated heterocycles. The Labute approximate surface area is 212 Å². The second-order valence-corrected chi connectivity index (χ2v) is 9.55. The van der Waals surface area contributed by atoms with Gasteiger partial charge in [0.05, 0.1) is 11.4 Å². The lowest BCUT2D eigenvalue weighted by atomic mass is 9.96. The Bertz CT molecular complexity index is 1470. The number of hydrogen-bond acceptors (Lipinski definition) is 5. The molecule has 0 amide bonds. The van der Waals surface area contributed by atoms with Crippen molar-refractivity contribution in [2.45, 2.75) is 38.3 Å². The Morgan fingerprint density at radius 1 is 0.973 bits per heavy atom. The van der Waals surface area contributed by atoms with E-state index in [-0.39, 0.29) is 0 Å². The van der Waals surface area contributed by atoms with Crippen molar-refractivity contribution in [3.63, 3.8) is 0 Å². The molecule has 0 saturated carbocycles. The first-order valence-corrected chi connectivity index (χ1v) is 12.3. The monoisotopic (exact) mass is 502 g/mol. The second-order valence-electron chi connectivity index (χ2n) is 9.55. The first-order chi connectivity index (χ1) is 17.9. The average Bonchev–Trinajstić information content (AvgIpc) is 3.53. The van der Waals surface area contributed by atoms with Gasteiger partial charge in [0.2, 0.25) is 0 Å². The predicted octanol–water partition coefficient (Wildman–Crippen LogP) is 6.07. The van der Waals surface area contributed by atoms with Crippen molar-refractivity contribution in [2.75, 3.05) is 18.0 Å². The van der Waals surface area contributed by atoms with Crippen LogP contribution in [-0.2, 0) is 12.6 Å². The van der Waals surface area contributed by atoms with Crippen LogP contribution < -0.4 is 4.90 Å². The van der Waals surface area contributed by atoms with Gasteiger partial charge in [0.15, 0.2) is 0 Å². The summed E-state index contributed by atoms with van der Waals surface area (Å²) < 4.78 is 39.5. The van der Waals surface area contributed by atoms with Crippen LogP contribution in [0.5, 0.6) is 0 Å². The van der Waals surface area contributed by atoms with Crippen LogP contribution >= 0.6 is 0 Å². The summed E-state index contributed by atoms with van der Waals surface area (Å²) in [5.74, 6) is 2.18. The Hall–Kier alpha value is -4.01. The molecular formula is C28H25F3N6. The number of fused-ring (bicyclic) bond motifs is 1. The summed E-state index contributed by atoms with van der Waals surface area (Å²) in [6.45, 7) is 3.68. The van der Waals surface area contributed by atoms with Gasteiger partial charge in [0, 0.05) is 48.4 Å². The molecular weight excluding hydrogens is 477 g/mol. The number of aromatic amines is 1. The molecule has 4 aromatic rings. The van der Waals surface area contributed by atoms with E-state index in [0.717, 1.165) is 77.4 Å². The van der Waals surface area contributed by atoms with Crippen molar-refractivity contribution in [1.82, 2.24) is 24.9 Å². The number of hydrogen-bond donors (Lipinski definition) is 1. The fourth-order valence-corrected chi connectivity index (χ4v) is 5.26. The van der Waals surface area contributed by atoms with E-state index in [1.807, 2.05) is 24.3 Å². The predicted molar refractivity (Wildman–Crippen MR) is 136 cm³/mol. The minimum atomic E-state index is -4.48. The molecule has 1 N–H and O–H groups in total. The van der Waals surface area contributed by atoms with E-state index in [4.69, 9.17) is 4.98 Å². The number of imidazole rings is 1. The van der Waals surface area contributed by atoms with E-state index in [1.165, 1.54) is 6.20 Å².